The van der Waals surface area contributed by atoms with Crippen LogP contribution < -0.4 is 10.2 Å². The third kappa shape index (κ3) is 3.76. The summed E-state index contributed by atoms with van der Waals surface area (Å²) in [6.45, 7) is 0.758. The highest BCUT2D eigenvalue weighted by Gasteiger charge is 2.32. The van der Waals surface area contributed by atoms with Crippen LogP contribution in [0.25, 0.3) is 0 Å². The van der Waals surface area contributed by atoms with Crippen LogP contribution in [0, 0.1) is 0 Å². The predicted molar refractivity (Wildman–Crippen MR) is 95.5 cm³/mol. The van der Waals surface area contributed by atoms with Crippen molar-refractivity contribution >= 4 is 23.3 Å². The molecule has 1 N–H and O–H groups in total. The molecule has 1 saturated heterocycles. The van der Waals surface area contributed by atoms with E-state index in [2.05, 4.69) is 15.5 Å². The van der Waals surface area contributed by atoms with Crippen molar-refractivity contribution in [2.45, 2.75) is 18.9 Å². The molecule has 1 aliphatic rings. The van der Waals surface area contributed by atoms with Gasteiger partial charge in [0.15, 0.2) is 11.5 Å². The lowest BCUT2D eigenvalue weighted by molar-refractivity contribution is -0.129. The van der Waals surface area contributed by atoms with E-state index in [1.807, 2.05) is 23.1 Å². The Bertz CT molecular complexity index is 746. The number of anilines is 2. The van der Waals surface area contributed by atoms with Crippen LogP contribution in [0.1, 0.15) is 23.3 Å². The van der Waals surface area contributed by atoms with Gasteiger partial charge in [0.1, 0.15) is 6.04 Å². The molecule has 0 saturated carbocycles. The van der Waals surface area contributed by atoms with Gasteiger partial charge in [0.2, 0.25) is 5.91 Å². The van der Waals surface area contributed by atoms with E-state index >= 15 is 0 Å². The van der Waals surface area contributed by atoms with E-state index in [4.69, 9.17) is 0 Å². The summed E-state index contributed by atoms with van der Waals surface area (Å²) in [7, 11) is 3.50. The number of likely N-dealkylation sites (N-methyl/N-ethyl adjacent to an activating group) is 1. The van der Waals surface area contributed by atoms with Gasteiger partial charge in [-0.2, -0.15) is 0 Å². The molecule has 7 nitrogen and oxygen atoms in total. The number of nitrogens with zero attached hydrogens (tertiary/aromatic N) is 4. The highest BCUT2D eigenvalue weighted by Crippen LogP contribution is 2.24. The molecule has 2 aromatic rings. The van der Waals surface area contributed by atoms with E-state index < -0.39 is 0 Å². The Morgan fingerprint density at radius 2 is 1.88 bits per heavy atom. The minimum absolute atomic E-state index is 0.0604. The summed E-state index contributed by atoms with van der Waals surface area (Å²) in [4.78, 5) is 28.0. The molecule has 2 heterocycles. The number of para-hydroxylation sites is 1. The van der Waals surface area contributed by atoms with Crippen molar-refractivity contribution in [3.8, 4) is 0 Å². The SMILES string of the molecule is CN(C)C(=O)C1CCCN1c1ccc(C(=O)Nc2ccccc2)nn1. The van der Waals surface area contributed by atoms with Crippen LogP contribution in [-0.4, -0.2) is 53.6 Å². The molecule has 1 aliphatic heterocycles. The Kier molecular flexibility index (Phi) is 4.92. The van der Waals surface area contributed by atoms with Crippen LogP contribution in [0.15, 0.2) is 42.5 Å². The van der Waals surface area contributed by atoms with Crippen molar-refractivity contribution in [1.29, 1.82) is 0 Å². The van der Waals surface area contributed by atoms with Crippen molar-refractivity contribution in [3.05, 3.63) is 48.2 Å². The van der Waals surface area contributed by atoms with E-state index in [1.54, 1.807) is 43.3 Å². The van der Waals surface area contributed by atoms with E-state index in [0.29, 0.717) is 11.5 Å². The maximum Gasteiger partial charge on any atom is 0.276 e. The van der Waals surface area contributed by atoms with Gasteiger partial charge in [-0.05, 0) is 37.1 Å². The Morgan fingerprint density at radius 1 is 1.12 bits per heavy atom. The van der Waals surface area contributed by atoms with Gasteiger partial charge in [-0.3, -0.25) is 9.59 Å². The monoisotopic (exact) mass is 339 g/mol. The highest BCUT2D eigenvalue weighted by molar-refractivity contribution is 6.02. The molecule has 0 aliphatic carbocycles. The third-order valence-electron chi connectivity index (χ3n) is 4.19. The topological polar surface area (TPSA) is 78.4 Å². The van der Waals surface area contributed by atoms with Gasteiger partial charge in [-0.1, -0.05) is 18.2 Å². The second-order valence-electron chi connectivity index (χ2n) is 6.18. The molecule has 1 fully saturated rings. The molecule has 0 spiro atoms. The van der Waals surface area contributed by atoms with Crippen molar-refractivity contribution in [3.63, 3.8) is 0 Å². The molecule has 25 heavy (non-hydrogen) atoms. The van der Waals surface area contributed by atoms with Gasteiger partial charge in [0.05, 0.1) is 0 Å². The molecule has 2 amide bonds. The third-order valence-corrected chi connectivity index (χ3v) is 4.19. The van der Waals surface area contributed by atoms with Gasteiger partial charge in [0, 0.05) is 26.3 Å². The minimum atomic E-state index is -0.312. The zero-order chi connectivity index (χ0) is 17.8. The summed E-state index contributed by atoms with van der Waals surface area (Å²) in [5.41, 5.74) is 0.942. The van der Waals surface area contributed by atoms with Crippen molar-refractivity contribution in [1.82, 2.24) is 15.1 Å². The lowest BCUT2D eigenvalue weighted by Crippen LogP contribution is -2.43. The fourth-order valence-electron chi connectivity index (χ4n) is 2.91. The molecule has 3 rings (SSSR count). The molecule has 0 bridgehead atoms. The minimum Gasteiger partial charge on any atom is -0.347 e. The predicted octanol–water partition coefficient (Wildman–Crippen LogP) is 1.79. The first-order chi connectivity index (χ1) is 12.1. The quantitative estimate of drug-likeness (QED) is 0.919. The smallest absolute Gasteiger partial charge is 0.276 e. The van der Waals surface area contributed by atoms with E-state index in [0.717, 1.165) is 19.4 Å². The first-order valence-electron chi connectivity index (χ1n) is 8.24. The number of nitrogens with one attached hydrogen (secondary N) is 1. The number of carbonyl (C=O) groups excluding carboxylic acids is 2. The highest BCUT2D eigenvalue weighted by atomic mass is 16.2. The average molecular weight is 339 g/mol. The largest absolute Gasteiger partial charge is 0.347 e. The summed E-state index contributed by atoms with van der Waals surface area (Å²) in [5.74, 6) is 0.367. The molecular weight excluding hydrogens is 318 g/mol. The summed E-state index contributed by atoms with van der Waals surface area (Å²) in [5, 5.41) is 11.0. The number of amides is 2. The van der Waals surface area contributed by atoms with E-state index in [9.17, 15) is 9.59 Å². The number of hydrogen-bond acceptors (Lipinski definition) is 5. The molecule has 1 unspecified atom stereocenters. The first-order valence-corrected chi connectivity index (χ1v) is 8.24. The second kappa shape index (κ2) is 7.29. The Hall–Kier alpha value is -2.96. The molecule has 7 heteroatoms. The fraction of sp³-hybridized carbons (Fsp3) is 0.333. The summed E-state index contributed by atoms with van der Waals surface area (Å²) in [6.07, 6.45) is 1.73. The number of hydrogen-bond donors (Lipinski definition) is 1. The molecule has 1 aromatic carbocycles. The van der Waals surface area contributed by atoms with Gasteiger partial charge in [0.25, 0.3) is 5.91 Å². The Balaban J connectivity index is 1.71. The maximum atomic E-state index is 12.3. The van der Waals surface area contributed by atoms with Crippen molar-refractivity contribution in [2.75, 3.05) is 30.9 Å². The molecule has 130 valence electrons. The Morgan fingerprint density at radius 3 is 2.52 bits per heavy atom. The summed E-state index contributed by atoms with van der Waals surface area (Å²) < 4.78 is 0. The van der Waals surface area contributed by atoms with E-state index in [-0.39, 0.29) is 23.6 Å². The van der Waals surface area contributed by atoms with Crippen LogP contribution in [0.5, 0.6) is 0 Å². The lowest BCUT2D eigenvalue weighted by atomic mass is 10.2. The second-order valence-corrected chi connectivity index (χ2v) is 6.18. The van der Waals surface area contributed by atoms with Crippen molar-refractivity contribution < 1.29 is 9.59 Å². The standard InChI is InChI=1S/C18H21N5O2/c1-22(2)18(25)15-9-6-12-23(15)16-11-10-14(20-21-16)17(24)19-13-7-4-3-5-8-13/h3-5,7-8,10-11,15H,6,9,12H2,1-2H3,(H,19,24). The summed E-state index contributed by atoms with van der Waals surface area (Å²) >= 11 is 0. The van der Waals surface area contributed by atoms with Crippen LogP contribution in [0.2, 0.25) is 0 Å². The van der Waals surface area contributed by atoms with Crippen molar-refractivity contribution in [2.24, 2.45) is 0 Å². The van der Waals surface area contributed by atoms with Gasteiger partial charge < -0.3 is 15.1 Å². The first kappa shape index (κ1) is 16.9. The number of aromatic nitrogens is 2. The molecule has 1 aromatic heterocycles. The van der Waals surface area contributed by atoms with Crippen LogP contribution >= 0.6 is 0 Å². The fourth-order valence-corrected chi connectivity index (χ4v) is 2.91. The number of benzene rings is 1. The van der Waals surface area contributed by atoms with Crippen LogP contribution in [0.3, 0.4) is 0 Å². The number of carbonyl (C=O) groups is 2. The normalized spacial score (nSPS) is 16.6. The zero-order valence-corrected chi connectivity index (χ0v) is 14.3. The van der Waals surface area contributed by atoms with Gasteiger partial charge >= 0.3 is 0 Å². The van der Waals surface area contributed by atoms with Gasteiger partial charge in [-0.15, -0.1) is 10.2 Å². The van der Waals surface area contributed by atoms with E-state index in [1.165, 1.54) is 0 Å². The molecule has 1 atom stereocenters. The summed E-state index contributed by atoms with van der Waals surface area (Å²) in [6, 6.07) is 12.4. The molecule has 0 radical (unpaired) electrons. The Labute approximate surface area is 146 Å². The zero-order valence-electron chi connectivity index (χ0n) is 14.3. The molecular formula is C18H21N5O2. The van der Waals surface area contributed by atoms with Crippen LogP contribution in [0.4, 0.5) is 11.5 Å². The average Bonchev–Trinajstić information content (AvgIpc) is 3.11. The maximum absolute atomic E-state index is 12.3. The van der Waals surface area contributed by atoms with Crippen LogP contribution in [-0.2, 0) is 4.79 Å². The lowest BCUT2D eigenvalue weighted by Gasteiger charge is -2.26. The number of rotatable bonds is 4. The van der Waals surface area contributed by atoms with Gasteiger partial charge in [-0.25, -0.2) is 0 Å².